The topological polar surface area (TPSA) is 3.01 Å². The zero-order valence-electron chi connectivity index (χ0n) is 6.12. The molecule has 1 heterocycles. The summed E-state index contributed by atoms with van der Waals surface area (Å²) in [6, 6.07) is 11.3. The van der Waals surface area contributed by atoms with Crippen molar-refractivity contribution in [3.05, 3.63) is 30.3 Å². The molecule has 52 valence electrons. The fourth-order valence-corrected chi connectivity index (χ4v) is 1.22. The van der Waals surface area contributed by atoms with Crippen LogP contribution < -0.4 is 4.90 Å². The highest BCUT2D eigenvalue weighted by Crippen LogP contribution is 2.25. The van der Waals surface area contributed by atoms with Gasteiger partial charge in [-0.3, -0.25) is 0 Å². The summed E-state index contributed by atoms with van der Waals surface area (Å²) in [5.41, 5.74) is 1.36. The van der Waals surface area contributed by atoms with Crippen molar-refractivity contribution in [1.29, 1.82) is 0 Å². The molecule has 1 aliphatic heterocycles. The van der Waals surface area contributed by atoms with Crippen molar-refractivity contribution in [3.8, 4) is 0 Å². The summed E-state index contributed by atoms with van der Waals surface area (Å²) in [5.74, 6) is 0. The number of nitrogens with zero attached hydrogens (tertiary/aromatic N) is 1. The Morgan fingerprint density at radius 2 is 1.90 bits per heavy atom. The van der Waals surface area contributed by atoms with Gasteiger partial charge >= 0.3 is 0 Å². The van der Waals surface area contributed by atoms with Crippen molar-refractivity contribution < 1.29 is 0 Å². The van der Waals surface area contributed by atoms with Gasteiger partial charge in [-0.05, 0) is 19.1 Å². The molecule has 1 saturated heterocycles. The zero-order valence-corrected chi connectivity index (χ0v) is 6.12. The molecule has 1 aromatic rings. The second-order valence-corrected chi connectivity index (χ2v) is 2.84. The summed E-state index contributed by atoms with van der Waals surface area (Å²) >= 11 is 0. The van der Waals surface area contributed by atoms with Crippen molar-refractivity contribution >= 4 is 5.69 Å². The molecule has 0 aliphatic carbocycles. The Hall–Kier alpha value is -0.980. The molecule has 1 aliphatic rings. The Morgan fingerprint density at radius 3 is 2.40 bits per heavy atom. The summed E-state index contributed by atoms with van der Waals surface area (Å²) in [6.45, 7) is 3.47. The molecule has 1 fully saturated rings. The number of benzene rings is 1. The minimum absolute atomic E-state index is 0.766. The van der Waals surface area contributed by atoms with Crippen molar-refractivity contribution in [2.45, 2.75) is 13.0 Å². The Labute approximate surface area is 61.3 Å². The monoisotopic (exact) mass is 133 g/mol. The smallest absolute Gasteiger partial charge is 0.0438 e. The van der Waals surface area contributed by atoms with E-state index in [0.29, 0.717) is 0 Å². The van der Waals surface area contributed by atoms with Crippen molar-refractivity contribution in [2.75, 3.05) is 11.4 Å². The van der Waals surface area contributed by atoms with Crippen LogP contribution in [-0.2, 0) is 0 Å². The van der Waals surface area contributed by atoms with Crippen molar-refractivity contribution in [1.82, 2.24) is 0 Å². The van der Waals surface area contributed by atoms with Crippen LogP contribution in [0.15, 0.2) is 30.3 Å². The van der Waals surface area contributed by atoms with E-state index in [4.69, 9.17) is 0 Å². The predicted molar refractivity (Wildman–Crippen MR) is 43.3 cm³/mol. The fraction of sp³-hybridized carbons (Fsp3) is 0.333. The number of hydrogen-bond donors (Lipinski definition) is 0. The average Bonchev–Trinajstić information content (AvgIpc) is 2.69. The van der Waals surface area contributed by atoms with E-state index in [9.17, 15) is 0 Å². The lowest BCUT2D eigenvalue weighted by atomic mass is 10.3. The lowest BCUT2D eigenvalue weighted by Gasteiger charge is -2.00. The van der Waals surface area contributed by atoms with Crippen LogP contribution in [0.25, 0.3) is 0 Å². The van der Waals surface area contributed by atoms with Crippen LogP contribution in [0.5, 0.6) is 0 Å². The average molecular weight is 133 g/mol. The van der Waals surface area contributed by atoms with Gasteiger partial charge < -0.3 is 4.90 Å². The molecule has 0 bridgehead atoms. The molecule has 0 aromatic heterocycles. The van der Waals surface area contributed by atoms with Crippen LogP contribution in [-0.4, -0.2) is 12.6 Å². The number of hydrogen-bond acceptors (Lipinski definition) is 1. The molecule has 0 radical (unpaired) electrons. The van der Waals surface area contributed by atoms with E-state index in [0.717, 1.165) is 6.04 Å². The minimum atomic E-state index is 0.766. The number of rotatable bonds is 1. The maximum absolute atomic E-state index is 2.38. The van der Waals surface area contributed by atoms with Crippen LogP contribution in [0.4, 0.5) is 5.69 Å². The summed E-state index contributed by atoms with van der Waals surface area (Å²) in [6.07, 6.45) is 0. The van der Waals surface area contributed by atoms with E-state index < -0.39 is 0 Å². The van der Waals surface area contributed by atoms with Crippen LogP contribution >= 0.6 is 0 Å². The Kier molecular flexibility index (Phi) is 1.16. The van der Waals surface area contributed by atoms with Gasteiger partial charge in [0.2, 0.25) is 0 Å². The Morgan fingerprint density at radius 1 is 1.30 bits per heavy atom. The second-order valence-electron chi connectivity index (χ2n) is 2.84. The highest BCUT2D eigenvalue weighted by Gasteiger charge is 2.28. The van der Waals surface area contributed by atoms with Gasteiger partial charge in [0.15, 0.2) is 0 Å². The predicted octanol–water partition coefficient (Wildman–Crippen LogP) is 1.90. The zero-order chi connectivity index (χ0) is 6.97. The van der Waals surface area contributed by atoms with Gasteiger partial charge in [0.25, 0.3) is 0 Å². The quantitative estimate of drug-likeness (QED) is 0.529. The fourth-order valence-electron chi connectivity index (χ4n) is 1.22. The largest absolute Gasteiger partial charge is 0.365 e. The van der Waals surface area contributed by atoms with Crippen LogP contribution in [0.3, 0.4) is 0 Å². The van der Waals surface area contributed by atoms with E-state index in [2.05, 4.69) is 42.2 Å². The first kappa shape index (κ1) is 5.78. The highest BCUT2D eigenvalue weighted by atomic mass is 15.3. The number of anilines is 1. The molecule has 1 atom stereocenters. The maximum Gasteiger partial charge on any atom is 0.0438 e. The molecular weight excluding hydrogens is 122 g/mol. The SMILES string of the molecule is C[C@H]1CN1c1ccccc1. The van der Waals surface area contributed by atoms with Gasteiger partial charge in [-0.15, -0.1) is 0 Å². The molecule has 1 heteroatoms. The van der Waals surface area contributed by atoms with E-state index in [-0.39, 0.29) is 0 Å². The summed E-state index contributed by atoms with van der Waals surface area (Å²) in [4.78, 5) is 2.38. The van der Waals surface area contributed by atoms with Gasteiger partial charge in [-0.1, -0.05) is 18.2 Å². The van der Waals surface area contributed by atoms with Gasteiger partial charge in [0, 0.05) is 18.3 Å². The summed E-state index contributed by atoms with van der Waals surface area (Å²) in [7, 11) is 0. The second kappa shape index (κ2) is 2.01. The van der Waals surface area contributed by atoms with Crippen LogP contribution in [0, 0.1) is 0 Å². The lowest BCUT2D eigenvalue weighted by molar-refractivity contribution is 1.14. The van der Waals surface area contributed by atoms with Crippen molar-refractivity contribution in [2.24, 2.45) is 0 Å². The van der Waals surface area contributed by atoms with Gasteiger partial charge in [-0.2, -0.15) is 0 Å². The van der Waals surface area contributed by atoms with Crippen LogP contribution in [0.1, 0.15) is 6.92 Å². The molecule has 0 saturated carbocycles. The van der Waals surface area contributed by atoms with E-state index in [1.165, 1.54) is 12.2 Å². The Bertz CT molecular complexity index is 217. The summed E-state index contributed by atoms with van der Waals surface area (Å²) in [5, 5.41) is 0. The number of para-hydroxylation sites is 1. The van der Waals surface area contributed by atoms with E-state index >= 15 is 0 Å². The maximum atomic E-state index is 2.38. The molecule has 1 aromatic carbocycles. The molecule has 0 spiro atoms. The molecular formula is C9H11N. The summed E-state index contributed by atoms with van der Waals surface area (Å²) < 4.78 is 0. The molecule has 0 amide bonds. The normalized spacial score (nSPS) is 22.9. The molecule has 2 rings (SSSR count). The van der Waals surface area contributed by atoms with E-state index in [1.807, 2.05) is 0 Å². The molecule has 0 N–H and O–H groups in total. The first-order valence-corrected chi connectivity index (χ1v) is 3.69. The highest BCUT2D eigenvalue weighted by molar-refractivity contribution is 5.52. The van der Waals surface area contributed by atoms with Crippen molar-refractivity contribution in [3.63, 3.8) is 0 Å². The molecule has 10 heavy (non-hydrogen) atoms. The van der Waals surface area contributed by atoms with Crippen LogP contribution in [0.2, 0.25) is 0 Å². The lowest BCUT2D eigenvalue weighted by Crippen LogP contribution is -1.93. The third-order valence-electron chi connectivity index (χ3n) is 1.95. The molecule has 1 nitrogen and oxygen atoms in total. The third kappa shape index (κ3) is 0.878. The first-order chi connectivity index (χ1) is 4.88. The Balaban J connectivity index is 2.20. The van der Waals surface area contributed by atoms with Gasteiger partial charge in [0.05, 0.1) is 0 Å². The standard InChI is InChI=1S/C9H11N/c1-8-7-10(8)9-5-3-2-4-6-9/h2-6,8H,7H2,1H3/t8-,10?/m0/s1. The first-order valence-electron chi connectivity index (χ1n) is 3.69. The van der Waals surface area contributed by atoms with Gasteiger partial charge in [-0.25, -0.2) is 0 Å². The molecule has 0 unspecified atom stereocenters. The van der Waals surface area contributed by atoms with E-state index in [1.54, 1.807) is 0 Å². The third-order valence-corrected chi connectivity index (χ3v) is 1.95. The minimum Gasteiger partial charge on any atom is -0.365 e. The van der Waals surface area contributed by atoms with Gasteiger partial charge in [0.1, 0.15) is 0 Å².